The van der Waals surface area contributed by atoms with Crippen molar-refractivity contribution in [3.63, 3.8) is 0 Å². The summed E-state index contributed by atoms with van der Waals surface area (Å²) in [5, 5.41) is 3.57. The fourth-order valence-corrected chi connectivity index (χ4v) is 6.25. The van der Waals surface area contributed by atoms with Gasteiger partial charge in [-0.05, 0) is 67.3 Å². The minimum atomic E-state index is -4.22. The van der Waals surface area contributed by atoms with Crippen LogP contribution in [0.2, 0.25) is 10.0 Å². The largest absolute Gasteiger partial charge is 0.495 e. The lowest BCUT2D eigenvalue weighted by Crippen LogP contribution is -2.52. The van der Waals surface area contributed by atoms with Gasteiger partial charge in [0.2, 0.25) is 11.8 Å². The molecule has 0 bridgehead atoms. The van der Waals surface area contributed by atoms with E-state index in [1.807, 2.05) is 13.8 Å². The third-order valence-corrected chi connectivity index (χ3v) is 9.28. The molecule has 0 spiro atoms. The van der Waals surface area contributed by atoms with Crippen molar-refractivity contribution >= 4 is 50.7 Å². The second-order valence-electron chi connectivity index (χ2n) is 9.84. The SMILES string of the molecule is CCCCNC(=O)[C@H](CC)N(Cc1ccc(Cl)c(Cl)c1)C(=O)CN(c1cc(C)ccc1OC)S(=O)(=O)c1ccccc1. The van der Waals surface area contributed by atoms with Gasteiger partial charge in [0.1, 0.15) is 18.3 Å². The standard InChI is InChI=1S/C31H37Cl2N3O5S/c1-5-7-17-34-31(38)27(6-2)35(20-23-14-15-25(32)26(33)19-23)30(37)21-36(28-18-22(3)13-16-29(28)41-4)42(39,40)24-11-9-8-10-12-24/h8-16,18-19,27H,5-7,17,20-21H2,1-4H3,(H,34,38)/t27-/m0/s1. The van der Waals surface area contributed by atoms with Crippen molar-refractivity contribution in [2.75, 3.05) is 24.5 Å². The van der Waals surface area contributed by atoms with E-state index < -0.39 is 28.5 Å². The van der Waals surface area contributed by atoms with E-state index in [9.17, 15) is 18.0 Å². The number of benzene rings is 3. The summed E-state index contributed by atoms with van der Waals surface area (Å²) < 4.78 is 34.6. The van der Waals surface area contributed by atoms with Gasteiger partial charge in [-0.2, -0.15) is 0 Å². The van der Waals surface area contributed by atoms with Crippen molar-refractivity contribution in [1.82, 2.24) is 10.2 Å². The van der Waals surface area contributed by atoms with Crippen molar-refractivity contribution in [2.45, 2.75) is 57.5 Å². The number of aryl methyl sites for hydroxylation is 1. The number of nitrogens with zero attached hydrogens (tertiary/aromatic N) is 2. The van der Waals surface area contributed by atoms with Crippen LogP contribution in [0.5, 0.6) is 5.75 Å². The van der Waals surface area contributed by atoms with Crippen LogP contribution in [0.15, 0.2) is 71.6 Å². The molecule has 42 heavy (non-hydrogen) atoms. The molecule has 1 atom stereocenters. The predicted octanol–water partition coefficient (Wildman–Crippen LogP) is 6.23. The smallest absolute Gasteiger partial charge is 0.264 e. The van der Waals surface area contributed by atoms with E-state index in [1.54, 1.807) is 61.5 Å². The van der Waals surface area contributed by atoms with Crippen molar-refractivity contribution in [3.8, 4) is 5.75 Å². The molecule has 0 aliphatic heterocycles. The van der Waals surface area contributed by atoms with Gasteiger partial charge in [0.15, 0.2) is 0 Å². The van der Waals surface area contributed by atoms with Gasteiger partial charge in [-0.1, -0.05) is 73.8 Å². The first kappa shape index (κ1) is 33.2. The molecule has 1 N–H and O–H groups in total. The van der Waals surface area contributed by atoms with Crippen LogP contribution in [-0.4, -0.2) is 51.4 Å². The molecule has 3 aromatic carbocycles. The van der Waals surface area contributed by atoms with E-state index in [-0.39, 0.29) is 28.8 Å². The summed E-state index contributed by atoms with van der Waals surface area (Å²) in [5.74, 6) is -0.597. The molecule has 0 aromatic heterocycles. The lowest BCUT2D eigenvalue weighted by Gasteiger charge is -2.33. The van der Waals surface area contributed by atoms with Crippen LogP contribution in [0, 0.1) is 6.92 Å². The Morgan fingerprint density at radius 1 is 0.976 bits per heavy atom. The number of carbonyl (C=O) groups excluding carboxylic acids is 2. The highest BCUT2D eigenvalue weighted by molar-refractivity contribution is 7.92. The number of rotatable bonds is 14. The van der Waals surface area contributed by atoms with Gasteiger partial charge in [-0.3, -0.25) is 13.9 Å². The number of hydrogen-bond donors (Lipinski definition) is 1. The van der Waals surface area contributed by atoms with Crippen molar-refractivity contribution < 1.29 is 22.7 Å². The maximum absolute atomic E-state index is 14.2. The summed E-state index contributed by atoms with van der Waals surface area (Å²) in [6.07, 6.45) is 2.00. The van der Waals surface area contributed by atoms with Gasteiger partial charge < -0.3 is 15.0 Å². The Balaban J connectivity index is 2.10. The molecule has 0 aliphatic rings. The first-order valence-corrected chi connectivity index (χ1v) is 16.0. The van der Waals surface area contributed by atoms with Crippen LogP contribution in [0.3, 0.4) is 0 Å². The summed E-state index contributed by atoms with van der Waals surface area (Å²) >= 11 is 12.4. The van der Waals surface area contributed by atoms with Gasteiger partial charge in [-0.15, -0.1) is 0 Å². The van der Waals surface area contributed by atoms with Crippen LogP contribution in [0.4, 0.5) is 5.69 Å². The highest BCUT2D eigenvalue weighted by Gasteiger charge is 2.34. The van der Waals surface area contributed by atoms with Crippen LogP contribution in [-0.2, 0) is 26.2 Å². The van der Waals surface area contributed by atoms with Gasteiger partial charge in [0.05, 0.1) is 27.7 Å². The maximum Gasteiger partial charge on any atom is 0.264 e. The molecular weight excluding hydrogens is 597 g/mol. The zero-order valence-corrected chi connectivity index (χ0v) is 26.6. The quantitative estimate of drug-likeness (QED) is 0.212. The third-order valence-electron chi connectivity index (χ3n) is 6.77. The summed E-state index contributed by atoms with van der Waals surface area (Å²) in [6, 6.07) is 17.1. The summed E-state index contributed by atoms with van der Waals surface area (Å²) in [5.41, 5.74) is 1.63. The van der Waals surface area contributed by atoms with Crippen LogP contribution in [0.25, 0.3) is 0 Å². The first-order chi connectivity index (χ1) is 20.0. The monoisotopic (exact) mass is 633 g/mol. The topological polar surface area (TPSA) is 96.0 Å². The minimum Gasteiger partial charge on any atom is -0.495 e. The number of nitrogens with one attached hydrogen (secondary N) is 1. The fourth-order valence-electron chi connectivity index (χ4n) is 4.49. The molecule has 2 amide bonds. The molecule has 226 valence electrons. The molecule has 0 heterocycles. The fraction of sp³-hybridized carbons (Fsp3) is 0.355. The lowest BCUT2D eigenvalue weighted by molar-refractivity contribution is -0.140. The highest BCUT2D eigenvalue weighted by Crippen LogP contribution is 2.34. The number of ether oxygens (including phenoxy) is 1. The van der Waals surface area contributed by atoms with E-state index in [4.69, 9.17) is 27.9 Å². The number of sulfonamides is 1. The van der Waals surface area contributed by atoms with E-state index >= 15 is 0 Å². The van der Waals surface area contributed by atoms with Gasteiger partial charge in [0.25, 0.3) is 10.0 Å². The molecular formula is C31H37Cl2N3O5S. The van der Waals surface area contributed by atoms with Gasteiger partial charge in [0, 0.05) is 13.1 Å². The van der Waals surface area contributed by atoms with Crippen molar-refractivity contribution in [1.29, 1.82) is 0 Å². The number of unbranched alkanes of at least 4 members (excludes halogenated alkanes) is 1. The molecule has 0 aliphatic carbocycles. The van der Waals surface area contributed by atoms with Gasteiger partial charge >= 0.3 is 0 Å². The molecule has 0 radical (unpaired) electrons. The molecule has 0 saturated carbocycles. The van der Waals surface area contributed by atoms with E-state index in [0.717, 1.165) is 22.7 Å². The summed E-state index contributed by atoms with van der Waals surface area (Å²) in [4.78, 5) is 29.0. The van der Waals surface area contributed by atoms with Crippen LogP contribution < -0.4 is 14.4 Å². The van der Waals surface area contributed by atoms with Crippen LogP contribution in [0.1, 0.15) is 44.2 Å². The molecule has 0 fully saturated rings. The highest BCUT2D eigenvalue weighted by atomic mass is 35.5. The number of carbonyl (C=O) groups is 2. The van der Waals surface area contributed by atoms with E-state index in [0.29, 0.717) is 28.6 Å². The number of anilines is 1. The molecule has 3 aromatic rings. The molecule has 0 unspecified atom stereocenters. The second-order valence-corrected chi connectivity index (χ2v) is 12.5. The Hall–Kier alpha value is -3.27. The van der Waals surface area contributed by atoms with Gasteiger partial charge in [-0.25, -0.2) is 8.42 Å². The predicted molar refractivity (Wildman–Crippen MR) is 168 cm³/mol. The Morgan fingerprint density at radius 2 is 1.69 bits per heavy atom. The van der Waals surface area contributed by atoms with Crippen molar-refractivity contribution in [3.05, 3.63) is 87.9 Å². The Bertz CT molecular complexity index is 1490. The number of amides is 2. The summed E-state index contributed by atoms with van der Waals surface area (Å²) in [7, 11) is -2.78. The normalized spacial score (nSPS) is 12.0. The average molecular weight is 635 g/mol. The number of methoxy groups -OCH3 is 1. The summed E-state index contributed by atoms with van der Waals surface area (Å²) in [6.45, 7) is 5.56. The first-order valence-electron chi connectivity index (χ1n) is 13.8. The zero-order valence-electron chi connectivity index (χ0n) is 24.3. The minimum absolute atomic E-state index is 0.0135. The molecule has 0 saturated heterocycles. The van der Waals surface area contributed by atoms with Crippen LogP contribution >= 0.6 is 23.2 Å². The van der Waals surface area contributed by atoms with Crippen molar-refractivity contribution in [2.24, 2.45) is 0 Å². The molecule has 3 rings (SSSR count). The second kappa shape index (κ2) is 15.3. The molecule has 8 nitrogen and oxygen atoms in total. The van der Waals surface area contributed by atoms with E-state index in [1.165, 1.54) is 24.1 Å². The molecule has 11 heteroatoms. The maximum atomic E-state index is 14.2. The number of halogens is 2. The van der Waals surface area contributed by atoms with E-state index in [2.05, 4.69) is 5.32 Å². The Morgan fingerprint density at radius 3 is 2.31 bits per heavy atom. The Kier molecular flexibility index (Phi) is 12.1. The third kappa shape index (κ3) is 8.18. The average Bonchev–Trinajstić information content (AvgIpc) is 2.98. The number of hydrogen-bond acceptors (Lipinski definition) is 5. The lowest BCUT2D eigenvalue weighted by atomic mass is 10.1. The zero-order chi connectivity index (χ0) is 30.9. The Labute approximate surface area is 258 Å².